The van der Waals surface area contributed by atoms with Crippen LogP contribution in [-0.4, -0.2) is 52.8 Å². The van der Waals surface area contributed by atoms with Crippen LogP contribution in [-0.2, 0) is 4.79 Å². The summed E-state index contributed by atoms with van der Waals surface area (Å²) < 4.78 is 0. The van der Waals surface area contributed by atoms with Crippen LogP contribution in [0.5, 0.6) is 0 Å². The zero-order valence-electron chi connectivity index (χ0n) is 16.7. The first kappa shape index (κ1) is 21.2. The molecular weight excluding hydrogens is 372 g/mol. The van der Waals surface area contributed by atoms with Gasteiger partial charge in [0.15, 0.2) is 0 Å². The van der Waals surface area contributed by atoms with E-state index < -0.39 is 0 Å². The number of benzene rings is 1. The van der Waals surface area contributed by atoms with Gasteiger partial charge in [-0.2, -0.15) is 0 Å². The summed E-state index contributed by atoms with van der Waals surface area (Å²) in [7, 11) is 1.91. The zero-order valence-corrected chi connectivity index (χ0v) is 17.5. The van der Waals surface area contributed by atoms with Crippen LogP contribution in [0.15, 0.2) is 29.2 Å². The first-order valence-electron chi connectivity index (χ1n) is 10.5. The molecule has 5 nitrogen and oxygen atoms in total. The molecule has 1 aromatic carbocycles. The molecule has 0 aliphatic heterocycles. The largest absolute Gasteiger partial charge is 0.393 e. The number of nitrogens with zero attached hydrogens (tertiary/aromatic N) is 1. The Morgan fingerprint density at radius 3 is 2.46 bits per heavy atom. The van der Waals surface area contributed by atoms with Crippen LogP contribution in [0, 0.1) is 0 Å². The van der Waals surface area contributed by atoms with Crippen LogP contribution >= 0.6 is 11.8 Å². The van der Waals surface area contributed by atoms with E-state index in [0.29, 0.717) is 17.4 Å². The van der Waals surface area contributed by atoms with E-state index in [2.05, 4.69) is 5.32 Å². The van der Waals surface area contributed by atoms with Gasteiger partial charge in [-0.25, -0.2) is 0 Å². The van der Waals surface area contributed by atoms with E-state index in [1.54, 1.807) is 0 Å². The first-order chi connectivity index (χ1) is 13.5. The summed E-state index contributed by atoms with van der Waals surface area (Å²) in [6, 6.07) is 7.99. The molecule has 2 N–H and O–H groups in total. The molecule has 6 heteroatoms. The fraction of sp³-hybridized carbons (Fsp3) is 0.636. The maximum Gasteiger partial charge on any atom is 0.252 e. The van der Waals surface area contributed by atoms with Crippen LogP contribution < -0.4 is 5.32 Å². The molecule has 0 atom stereocenters. The lowest BCUT2D eigenvalue weighted by atomic mass is 9.93. The van der Waals surface area contributed by atoms with Gasteiger partial charge in [0.25, 0.3) is 5.91 Å². The van der Waals surface area contributed by atoms with Gasteiger partial charge in [-0.05, 0) is 50.7 Å². The summed E-state index contributed by atoms with van der Waals surface area (Å²) in [6.45, 7) is 0. The van der Waals surface area contributed by atoms with Crippen molar-refractivity contribution in [3.8, 4) is 0 Å². The van der Waals surface area contributed by atoms with Crippen molar-refractivity contribution >= 4 is 23.6 Å². The number of hydrogen-bond acceptors (Lipinski definition) is 4. The van der Waals surface area contributed by atoms with Gasteiger partial charge in [-0.15, -0.1) is 11.8 Å². The molecule has 28 heavy (non-hydrogen) atoms. The monoisotopic (exact) mass is 404 g/mol. The highest BCUT2D eigenvalue weighted by Crippen LogP contribution is 2.26. The molecule has 0 saturated heterocycles. The number of hydrogen-bond donors (Lipinski definition) is 2. The summed E-state index contributed by atoms with van der Waals surface area (Å²) >= 11 is 1.45. The fourth-order valence-electron chi connectivity index (χ4n) is 4.18. The number of amides is 2. The minimum Gasteiger partial charge on any atom is -0.393 e. The third-order valence-corrected chi connectivity index (χ3v) is 7.09. The van der Waals surface area contributed by atoms with E-state index in [-0.39, 0.29) is 24.0 Å². The van der Waals surface area contributed by atoms with Crippen LogP contribution in [0.2, 0.25) is 0 Å². The summed E-state index contributed by atoms with van der Waals surface area (Å²) in [5.74, 6) is 0.401. The zero-order chi connectivity index (χ0) is 19.9. The average molecular weight is 405 g/mol. The minimum absolute atomic E-state index is 0.0856. The standard InChI is InChI=1S/C22H32N2O3S/c1-24(17-7-3-2-4-8-17)21(26)15-28-20-10-6-5-9-19(20)22(27)23-16-11-13-18(25)14-12-16/h5-6,9-10,16-18,25H,2-4,7-8,11-15H2,1H3,(H,23,27). The Morgan fingerprint density at radius 1 is 1.07 bits per heavy atom. The molecule has 0 heterocycles. The number of aliphatic hydroxyl groups excluding tert-OH is 1. The first-order valence-corrected chi connectivity index (χ1v) is 11.5. The highest BCUT2D eigenvalue weighted by molar-refractivity contribution is 8.00. The Kier molecular flexibility index (Phi) is 7.80. The van der Waals surface area contributed by atoms with Crippen molar-refractivity contribution in [3.05, 3.63) is 29.8 Å². The molecule has 2 aliphatic carbocycles. The van der Waals surface area contributed by atoms with Gasteiger partial charge in [0.2, 0.25) is 5.91 Å². The van der Waals surface area contributed by atoms with Gasteiger partial charge in [-0.1, -0.05) is 31.4 Å². The van der Waals surface area contributed by atoms with E-state index in [0.717, 1.165) is 43.4 Å². The third kappa shape index (κ3) is 5.74. The molecule has 0 bridgehead atoms. The van der Waals surface area contributed by atoms with Gasteiger partial charge in [0.05, 0.1) is 17.4 Å². The predicted octanol–water partition coefficient (Wildman–Crippen LogP) is 3.60. The van der Waals surface area contributed by atoms with Gasteiger partial charge in [-0.3, -0.25) is 9.59 Å². The Hall–Kier alpha value is -1.53. The average Bonchev–Trinajstić information content (AvgIpc) is 2.74. The fourth-order valence-corrected chi connectivity index (χ4v) is 5.15. The number of carbonyl (C=O) groups excluding carboxylic acids is 2. The highest BCUT2D eigenvalue weighted by Gasteiger charge is 2.24. The van der Waals surface area contributed by atoms with Crippen LogP contribution in [0.25, 0.3) is 0 Å². The van der Waals surface area contributed by atoms with Crippen molar-refractivity contribution in [2.24, 2.45) is 0 Å². The molecule has 1 aromatic rings. The lowest BCUT2D eigenvalue weighted by Gasteiger charge is -2.31. The van der Waals surface area contributed by atoms with E-state index in [1.165, 1.54) is 31.0 Å². The molecular formula is C22H32N2O3S. The van der Waals surface area contributed by atoms with Crippen molar-refractivity contribution in [2.75, 3.05) is 12.8 Å². The number of carbonyl (C=O) groups is 2. The van der Waals surface area contributed by atoms with Crippen molar-refractivity contribution in [1.82, 2.24) is 10.2 Å². The molecule has 2 fully saturated rings. The topological polar surface area (TPSA) is 69.6 Å². The number of aliphatic hydroxyl groups is 1. The molecule has 3 rings (SSSR count). The van der Waals surface area contributed by atoms with E-state index in [4.69, 9.17) is 0 Å². The van der Waals surface area contributed by atoms with Gasteiger partial charge >= 0.3 is 0 Å². The third-order valence-electron chi connectivity index (χ3n) is 6.03. The van der Waals surface area contributed by atoms with E-state index in [9.17, 15) is 14.7 Å². The molecule has 154 valence electrons. The second kappa shape index (κ2) is 10.3. The number of nitrogens with one attached hydrogen (secondary N) is 1. The highest BCUT2D eigenvalue weighted by atomic mass is 32.2. The molecule has 0 unspecified atom stereocenters. The molecule has 2 saturated carbocycles. The maximum absolute atomic E-state index is 12.8. The lowest BCUT2D eigenvalue weighted by Crippen LogP contribution is -2.39. The summed E-state index contributed by atoms with van der Waals surface area (Å²) in [4.78, 5) is 28.1. The molecule has 0 radical (unpaired) electrons. The SMILES string of the molecule is CN(C(=O)CSc1ccccc1C(=O)NC1CCC(O)CC1)C1CCCCC1. The van der Waals surface area contributed by atoms with Crippen LogP contribution in [0.4, 0.5) is 0 Å². The van der Waals surface area contributed by atoms with Crippen molar-refractivity contribution in [2.45, 2.75) is 80.9 Å². The number of thioether (sulfide) groups is 1. The van der Waals surface area contributed by atoms with Crippen molar-refractivity contribution < 1.29 is 14.7 Å². The lowest BCUT2D eigenvalue weighted by molar-refractivity contribution is -0.129. The van der Waals surface area contributed by atoms with Gasteiger partial charge in [0, 0.05) is 24.0 Å². The Labute approximate surface area is 172 Å². The molecule has 0 aromatic heterocycles. The second-order valence-electron chi connectivity index (χ2n) is 8.06. The second-order valence-corrected chi connectivity index (χ2v) is 9.08. The van der Waals surface area contributed by atoms with Crippen molar-refractivity contribution in [1.29, 1.82) is 0 Å². The van der Waals surface area contributed by atoms with Gasteiger partial charge in [0.1, 0.15) is 0 Å². The summed E-state index contributed by atoms with van der Waals surface area (Å²) in [6.07, 6.45) is 8.75. The van der Waals surface area contributed by atoms with Gasteiger partial charge < -0.3 is 15.3 Å². The quantitative estimate of drug-likeness (QED) is 0.711. The Balaban J connectivity index is 1.55. The normalized spacial score (nSPS) is 23.2. The van der Waals surface area contributed by atoms with Crippen molar-refractivity contribution in [3.63, 3.8) is 0 Å². The molecule has 0 spiro atoms. The maximum atomic E-state index is 12.8. The van der Waals surface area contributed by atoms with Crippen LogP contribution in [0.3, 0.4) is 0 Å². The predicted molar refractivity (Wildman–Crippen MR) is 113 cm³/mol. The molecule has 2 aliphatic rings. The summed E-state index contributed by atoms with van der Waals surface area (Å²) in [5.41, 5.74) is 0.631. The number of rotatable bonds is 6. The summed E-state index contributed by atoms with van der Waals surface area (Å²) in [5, 5.41) is 12.7. The van der Waals surface area contributed by atoms with Crippen LogP contribution in [0.1, 0.15) is 68.1 Å². The Morgan fingerprint density at radius 2 is 1.75 bits per heavy atom. The Bertz CT molecular complexity index is 668. The van der Waals surface area contributed by atoms with E-state index in [1.807, 2.05) is 36.2 Å². The molecule has 2 amide bonds. The van der Waals surface area contributed by atoms with E-state index >= 15 is 0 Å². The smallest absolute Gasteiger partial charge is 0.252 e. The minimum atomic E-state index is -0.233.